The number of hydrogen-bond acceptors (Lipinski definition) is 6. The largest absolute Gasteiger partial charge is 0.468 e. The maximum atomic E-state index is 12.8. The van der Waals surface area contributed by atoms with Crippen LogP contribution in [0.25, 0.3) is 0 Å². The zero-order chi connectivity index (χ0) is 18.1. The molecule has 2 heterocycles. The van der Waals surface area contributed by atoms with Gasteiger partial charge in [-0.05, 0) is 37.7 Å². The third-order valence-corrected chi connectivity index (χ3v) is 5.04. The van der Waals surface area contributed by atoms with Crippen molar-refractivity contribution in [3.05, 3.63) is 22.5 Å². The lowest BCUT2D eigenvalue weighted by Crippen LogP contribution is -2.36. The van der Waals surface area contributed by atoms with Gasteiger partial charge >= 0.3 is 11.9 Å². The summed E-state index contributed by atoms with van der Waals surface area (Å²) >= 11 is 0. The van der Waals surface area contributed by atoms with E-state index in [0.29, 0.717) is 29.8 Å². The predicted molar refractivity (Wildman–Crippen MR) is 87.5 cm³/mol. The minimum absolute atomic E-state index is 0.0563. The topological polar surface area (TPSA) is 94.7 Å². The van der Waals surface area contributed by atoms with Crippen molar-refractivity contribution in [1.29, 1.82) is 0 Å². The van der Waals surface area contributed by atoms with Gasteiger partial charge in [-0.15, -0.1) is 0 Å². The Hall–Kier alpha value is -2.15. The molecule has 3 rings (SSSR count). The average Bonchev–Trinajstić information content (AvgIpc) is 3.20. The Morgan fingerprint density at radius 2 is 2.12 bits per heavy atom. The normalized spacial score (nSPS) is 25.6. The van der Waals surface area contributed by atoms with Crippen molar-refractivity contribution in [1.82, 2.24) is 4.98 Å². The van der Waals surface area contributed by atoms with E-state index in [-0.39, 0.29) is 30.1 Å². The highest BCUT2D eigenvalue weighted by Crippen LogP contribution is 2.34. The molecule has 7 nitrogen and oxygen atoms in total. The Balaban J connectivity index is 1.80. The number of rotatable bonds is 4. The number of H-pyrrole nitrogens is 1. The van der Waals surface area contributed by atoms with Gasteiger partial charge in [-0.2, -0.15) is 0 Å². The second-order valence-electron chi connectivity index (χ2n) is 6.76. The van der Waals surface area contributed by atoms with Gasteiger partial charge in [0.25, 0.3) is 0 Å². The molecule has 1 saturated heterocycles. The number of hydrogen-bond donors (Lipinski definition) is 1. The van der Waals surface area contributed by atoms with E-state index in [2.05, 4.69) is 4.98 Å². The average molecular weight is 349 g/mol. The first kappa shape index (κ1) is 17.7. The van der Waals surface area contributed by atoms with E-state index in [1.165, 1.54) is 7.11 Å². The predicted octanol–water partition coefficient (Wildman–Crippen LogP) is 1.82. The molecule has 1 aliphatic heterocycles. The molecule has 0 saturated carbocycles. The van der Waals surface area contributed by atoms with Gasteiger partial charge in [0.2, 0.25) is 0 Å². The molecule has 1 N–H and O–H groups in total. The Labute approximate surface area is 146 Å². The molecular weight excluding hydrogens is 326 g/mol. The number of carbonyl (C=O) groups excluding carboxylic acids is 3. The molecule has 1 fully saturated rings. The molecule has 3 atom stereocenters. The van der Waals surface area contributed by atoms with E-state index in [4.69, 9.17) is 14.2 Å². The van der Waals surface area contributed by atoms with Crippen LogP contribution in [-0.2, 0) is 25.4 Å². The van der Waals surface area contributed by atoms with Crippen LogP contribution in [-0.4, -0.2) is 49.1 Å². The van der Waals surface area contributed by atoms with Gasteiger partial charge in [0.05, 0.1) is 13.2 Å². The molecule has 1 aromatic rings. The summed E-state index contributed by atoms with van der Waals surface area (Å²) in [6, 6.07) is 0. The molecule has 1 aliphatic carbocycles. The summed E-state index contributed by atoms with van der Waals surface area (Å²) in [6.45, 7) is 4.42. The second kappa shape index (κ2) is 7.00. The van der Waals surface area contributed by atoms with Crippen LogP contribution >= 0.6 is 0 Å². The van der Waals surface area contributed by atoms with Gasteiger partial charge in [-0.1, -0.05) is 6.92 Å². The van der Waals surface area contributed by atoms with Crippen LogP contribution < -0.4 is 0 Å². The van der Waals surface area contributed by atoms with Crippen molar-refractivity contribution in [2.45, 2.75) is 39.2 Å². The lowest BCUT2D eigenvalue weighted by molar-refractivity contribution is -0.145. The number of Topliss-reactive ketones (excluding diaryl/α,β-unsaturated/α-hetero) is 1. The van der Waals surface area contributed by atoms with Crippen molar-refractivity contribution in [3.8, 4) is 0 Å². The maximum absolute atomic E-state index is 12.8. The van der Waals surface area contributed by atoms with E-state index in [1.807, 2.05) is 6.92 Å². The quantitative estimate of drug-likeness (QED) is 0.658. The first-order valence-electron chi connectivity index (χ1n) is 8.56. The maximum Gasteiger partial charge on any atom is 0.355 e. The van der Waals surface area contributed by atoms with Gasteiger partial charge in [0.15, 0.2) is 5.78 Å². The van der Waals surface area contributed by atoms with Crippen LogP contribution in [0.5, 0.6) is 0 Å². The lowest BCUT2D eigenvalue weighted by atomic mass is 9.77. The SMILES string of the molecule is COC(=O)[C@@H]1C(=O)c2c([nH]c(C(=O)OC[C@@H]3CCCO3)c2C)C[C@H]1C. The van der Waals surface area contributed by atoms with E-state index in [9.17, 15) is 14.4 Å². The van der Waals surface area contributed by atoms with Crippen LogP contribution in [0.1, 0.15) is 51.9 Å². The lowest BCUT2D eigenvalue weighted by Gasteiger charge is -2.25. The third-order valence-electron chi connectivity index (χ3n) is 5.04. The number of methoxy groups -OCH3 is 1. The Morgan fingerprint density at radius 1 is 1.36 bits per heavy atom. The van der Waals surface area contributed by atoms with Gasteiger partial charge < -0.3 is 19.2 Å². The Kier molecular flexibility index (Phi) is 4.94. The summed E-state index contributed by atoms with van der Waals surface area (Å²) in [5.74, 6) is -2.36. The molecule has 0 bridgehead atoms. The summed E-state index contributed by atoms with van der Waals surface area (Å²) in [7, 11) is 1.27. The molecule has 0 aromatic carbocycles. The highest BCUT2D eigenvalue weighted by Gasteiger charge is 2.42. The second-order valence-corrected chi connectivity index (χ2v) is 6.76. The van der Waals surface area contributed by atoms with Crippen molar-refractivity contribution in [2.75, 3.05) is 20.3 Å². The molecule has 2 aliphatic rings. The standard InChI is InChI=1S/C18H23NO6/c1-9-7-12-14(16(20)13(9)17(21)23-3)10(2)15(19-12)18(22)25-8-11-5-4-6-24-11/h9,11,13,19H,4-8H2,1-3H3/t9-,11+,13+/m1/s1. The fraction of sp³-hybridized carbons (Fsp3) is 0.611. The number of ether oxygens (including phenoxy) is 3. The highest BCUT2D eigenvalue weighted by atomic mass is 16.6. The van der Waals surface area contributed by atoms with Gasteiger partial charge in [0.1, 0.15) is 18.2 Å². The highest BCUT2D eigenvalue weighted by molar-refractivity contribution is 6.12. The summed E-state index contributed by atoms with van der Waals surface area (Å²) in [5, 5.41) is 0. The van der Waals surface area contributed by atoms with E-state index in [1.54, 1.807) is 6.92 Å². The van der Waals surface area contributed by atoms with Crippen LogP contribution in [0.3, 0.4) is 0 Å². The number of ketones is 1. The molecule has 25 heavy (non-hydrogen) atoms. The summed E-state index contributed by atoms with van der Waals surface area (Å²) in [6.07, 6.45) is 2.30. The van der Waals surface area contributed by atoms with Crippen LogP contribution in [0.2, 0.25) is 0 Å². The van der Waals surface area contributed by atoms with Crippen LogP contribution in [0.4, 0.5) is 0 Å². The smallest absolute Gasteiger partial charge is 0.355 e. The number of aromatic nitrogens is 1. The van der Waals surface area contributed by atoms with E-state index >= 15 is 0 Å². The first-order chi connectivity index (χ1) is 11.9. The number of esters is 2. The van der Waals surface area contributed by atoms with Crippen LogP contribution in [0.15, 0.2) is 0 Å². The zero-order valence-electron chi connectivity index (χ0n) is 14.7. The Bertz CT molecular complexity index is 701. The molecule has 7 heteroatoms. The van der Waals surface area contributed by atoms with E-state index < -0.39 is 17.9 Å². The van der Waals surface area contributed by atoms with E-state index in [0.717, 1.165) is 12.8 Å². The number of fused-ring (bicyclic) bond motifs is 1. The third kappa shape index (κ3) is 3.20. The molecule has 0 unspecified atom stereocenters. The summed E-state index contributed by atoms with van der Waals surface area (Å²) in [5.41, 5.74) is 1.89. The van der Waals surface area contributed by atoms with Gasteiger partial charge in [0, 0.05) is 17.9 Å². The van der Waals surface area contributed by atoms with Crippen molar-refractivity contribution in [2.24, 2.45) is 11.8 Å². The molecular formula is C18H23NO6. The molecule has 136 valence electrons. The molecule has 1 aromatic heterocycles. The van der Waals surface area contributed by atoms with Gasteiger partial charge in [-0.3, -0.25) is 9.59 Å². The summed E-state index contributed by atoms with van der Waals surface area (Å²) in [4.78, 5) is 40.1. The summed E-state index contributed by atoms with van der Waals surface area (Å²) < 4.78 is 15.5. The number of aromatic amines is 1. The molecule has 0 radical (unpaired) electrons. The van der Waals surface area contributed by atoms with Crippen molar-refractivity contribution >= 4 is 17.7 Å². The Morgan fingerprint density at radius 3 is 2.76 bits per heavy atom. The zero-order valence-corrected chi connectivity index (χ0v) is 14.7. The molecule has 0 amide bonds. The monoisotopic (exact) mass is 349 g/mol. The number of carbonyl (C=O) groups is 3. The fourth-order valence-corrected chi connectivity index (χ4v) is 3.69. The fourth-order valence-electron chi connectivity index (χ4n) is 3.69. The minimum atomic E-state index is -0.831. The van der Waals surface area contributed by atoms with Crippen LogP contribution in [0, 0.1) is 18.8 Å². The first-order valence-corrected chi connectivity index (χ1v) is 8.56. The molecule has 0 spiro atoms. The van der Waals surface area contributed by atoms with Crippen molar-refractivity contribution in [3.63, 3.8) is 0 Å². The number of nitrogens with one attached hydrogen (secondary N) is 1. The van der Waals surface area contributed by atoms with Crippen molar-refractivity contribution < 1.29 is 28.6 Å². The minimum Gasteiger partial charge on any atom is -0.468 e. The van der Waals surface area contributed by atoms with Gasteiger partial charge in [-0.25, -0.2) is 4.79 Å².